The molecule has 0 aromatic carbocycles. The van der Waals surface area contributed by atoms with Gasteiger partial charge in [0.15, 0.2) is 0 Å². The van der Waals surface area contributed by atoms with Crippen molar-refractivity contribution in [3.8, 4) is 0 Å². The van der Waals surface area contributed by atoms with Crippen molar-refractivity contribution >= 4 is 48.9 Å². The first-order chi connectivity index (χ1) is 0. The van der Waals surface area contributed by atoms with Crippen LogP contribution in [-0.2, 0) is 33.8 Å². The second-order valence-corrected chi connectivity index (χ2v) is 0. The van der Waals surface area contributed by atoms with Crippen LogP contribution < -0.4 is 0 Å². The fraction of sp³-hybridized carbons (Fsp3) is 0. The van der Waals surface area contributed by atoms with Gasteiger partial charge in [-0.1, -0.05) is 0 Å². The third-order valence-electron chi connectivity index (χ3n) is 0. The van der Waals surface area contributed by atoms with E-state index in [0.717, 1.165) is 0 Å². The monoisotopic (exact) mass is 362 g/mol. The Balaban J connectivity index is 0. The van der Waals surface area contributed by atoms with Gasteiger partial charge in [0, 0.05) is 33.8 Å². The van der Waals surface area contributed by atoms with Crippen LogP contribution in [0.5, 0.6) is 0 Å². The number of hydrogen-bond donors (Lipinski definition) is 0. The molecule has 0 aromatic heterocycles. The fourth-order valence-electron chi connectivity index (χ4n) is 0. The summed E-state index contributed by atoms with van der Waals surface area (Å²) in [5, 5.41) is 0. The predicted molar refractivity (Wildman–Crippen MR) is 19.9 cm³/mol. The van der Waals surface area contributed by atoms with Crippen LogP contribution in [0.3, 0.4) is 0 Å². The Morgan fingerprint density at radius 2 is 0.750 bits per heavy atom. The molecule has 0 atom stereocenters. The van der Waals surface area contributed by atoms with Crippen LogP contribution in [0, 0.1) is 0 Å². The molecular formula is H6CoMnSb2. The van der Waals surface area contributed by atoms with Crippen molar-refractivity contribution in [1.82, 2.24) is 0 Å². The van der Waals surface area contributed by atoms with E-state index >= 15 is 0 Å². The molecule has 0 saturated carbocycles. The molecule has 0 saturated heterocycles. The Bertz CT molecular complexity index is 6.00. The van der Waals surface area contributed by atoms with E-state index in [4.69, 9.17) is 0 Å². The molecule has 0 fully saturated rings. The predicted octanol–water partition coefficient (Wildman–Crippen LogP) is -2.37. The Hall–Kier alpha value is 2.66. The van der Waals surface area contributed by atoms with E-state index < -0.39 is 0 Å². The van der Waals surface area contributed by atoms with Gasteiger partial charge < -0.3 is 0 Å². The second kappa shape index (κ2) is 17.4. The summed E-state index contributed by atoms with van der Waals surface area (Å²) in [6, 6.07) is 0. The van der Waals surface area contributed by atoms with Gasteiger partial charge in [-0.3, -0.25) is 0 Å². The first kappa shape index (κ1) is 30.1. The minimum atomic E-state index is 0. The Kier molecular flexibility index (Phi) is 131. The van der Waals surface area contributed by atoms with Crippen LogP contribution in [0.4, 0.5) is 0 Å². The molecule has 32 valence electrons. The first-order valence-corrected chi connectivity index (χ1v) is 0. The van der Waals surface area contributed by atoms with Crippen molar-refractivity contribution in [1.29, 1.82) is 0 Å². The SMILES string of the molecule is [Co].[Mn].[SbH3].[SbH3]. The average molecular weight is 363 g/mol. The van der Waals surface area contributed by atoms with Gasteiger partial charge >= 0.3 is 48.9 Å². The molecule has 0 aliphatic heterocycles. The molecular weight excluding hydrogens is 357 g/mol. The number of rotatable bonds is 0. The van der Waals surface area contributed by atoms with Crippen LogP contribution in [0.2, 0.25) is 0 Å². The topological polar surface area (TPSA) is 0 Å². The Morgan fingerprint density at radius 3 is 0.750 bits per heavy atom. The van der Waals surface area contributed by atoms with Crippen LogP contribution in [0.15, 0.2) is 0 Å². The van der Waals surface area contributed by atoms with Gasteiger partial charge in [0.05, 0.1) is 0 Å². The molecule has 2 radical (unpaired) electrons. The van der Waals surface area contributed by atoms with Gasteiger partial charge in [-0.2, -0.15) is 0 Å². The van der Waals surface area contributed by atoms with Crippen molar-refractivity contribution in [3.05, 3.63) is 0 Å². The van der Waals surface area contributed by atoms with Crippen molar-refractivity contribution < 1.29 is 33.8 Å². The zero-order valence-corrected chi connectivity index (χ0v) is 12.4. The standard InChI is InChI=1S/Co.Mn.2Sb.6H. The molecule has 0 rings (SSSR count). The van der Waals surface area contributed by atoms with E-state index in [0.29, 0.717) is 0 Å². The van der Waals surface area contributed by atoms with Gasteiger partial charge in [-0.25, -0.2) is 0 Å². The van der Waals surface area contributed by atoms with Gasteiger partial charge in [0.25, 0.3) is 0 Å². The minimum absolute atomic E-state index is 0. The van der Waals surface area contributed by atoms with E-state index in [2.05, 4.69) is 0 Å². The maximum atomic E-state index is 0. The molecule has 0 N–H and O–H groups in total. The molecule has 0 aliphatic carbocycles. The van der Waals surface area contributed by atoms with Gasteiger partial charge in [0.1, 0.15) is 0 Å². The normalized spacial score (nSPS) is 0. The summed E-state index contributed by atoms with van der Waals surface area (Å²) >= 11 is 0. The summed E-state index contributed by atoms with van der Waals surface area (Å²) in [6.07, 6.45) is 0. The van der Waals surface area contributed by atoms with Crippen LogP contribution in [0.25, 0.3) is 0 Å². The summed E-state index contributed by atoms with van der Waals surface area (Å²) in [6.45, 7) is 0. The van der Waals surface area contributed by atoms with E-state index in [1.807, 2.05) is 0 Å². The van der Waals surface area contributed by atoms with Crippen molar-refractivity contribution in [2.75, 3.05) is 0 Å². The van der Waals surface area contributed by atoms with E-state index in [9.17, 15) is 0 Å². The van der Waals surface area contributed by atoms with E-state index in [1.165, 1.54) is 0 Å². The van der Waals surface area contributed by atoms with Gasteiger partial charge in [-0.05, 0) is 0 Å². The van der Waals surface area contributed by atoms with Gasteiger partial charge in [-0.15, -0.1) is 0 Å². The average Bonchev–Trinajstić information content (AvgIpc) is 0. The van der Waals surface area contributed by atoms with E-state index in [-0.39, 0.29) is 82.7 Å². The summed E-state index contributed by atoms with van der Waals surface area (Å²) < 4.78 is 0. The van der Waals surface area contributed by atoms with Gasteiger partial charge in [0.2, 0.25) is 0 Å². The maximum absolute atomic E-state index is 0. The summed E-state index contributed by atoms with van der Waals surface area (Å²) in [4.78, 5) is 0. The quantitative estimate of drug-likeness (QED) is 0.422. The molecule has 4 heavy (non-hydrogen) atoms. The molecule has 0 aromatic rings. The molecule has 0 nitrogen and oxygen atoms in total. The fourth-order valence-corrected chi connectivity index (χ4v) is 0. The van der Waals surface area contributed by atoms with E-state index in [1.54, 1.807) is 0 Å². The van der Waals surface area contributed by atoms with Crippen molar-refractivity contribution in [3.63, 3.8) is 0 Å². The van der Waals surface area contributed by atoms with Crippen LogP contribution in [0.1, 0.15) is 0 Å². The summed E-state index contributed by atoms with van der Waals surface area (Å²) in [7, 11) is 0. The van der Waals surface area contributed by atoms with Crippen LogP contribution >= 0.6 is 0 Å². The van der Waals surface area contributed by atoms with Crippen LogP contribution in [-0.4, -0.2) is 48.9 Å². The summed E-state index contributed by atoms with van der Waals surface area (Å²) in [5.74, 6) is 0. The first-order valence-electron chi connectivity index (χ1n) is 0. The number of hydrogen-bond acceptors (Lipinski definition) is 0. The molecule has 0 amide bonds. The zero-order valence-electron chi connectivity index (χ0n) is 2.13. The zero-order chi connectivity index (χ0) is 0. The third-order valence-corrected chi connectivity index (χ3v) is 0. The third kappa shape index (κ3) is 8.82. The summed E-state index contributed by atoms with van der Waals surface area (Å²) in [5.41, 5.74) is 0. The molecule has 0 aliphatic rings. The van der Waals surface area contributed by atoms with Crippen molar-refractivity contribution in [2.45, 2.75) is 0 Å². The molecule has 0 heterocycles. The van der Waals surface area contributed by atoms with Crippen molar-refractivity contribution in [2.24, 2.45) is 0 Å². The molecule has 0 unspecified atom stereocenters. The molecule has 4 heteroatoms. The molecule has 0 spiro atoms. The Labute approximate surface area is 81.4 Å². The Morgan fingerprint density at radius 1 is 0.750 bits per heavy atom. The molecule has 0 bridgehead atoms. The second-order valence-electron chi connectivity index (χ2n) is 0.